The fourth-order valence-electron chi connectivity index (χ4n) is 5.54. The number of rotatable bonds is 7. The topological polar surface area (TPSA) is 74.2 Å². The first-order valence-corrected chi connectivity index (χ1v) is 12.6. The Bertz CT molecular complexity index is 1280. The molecule has 2 aliphatic rings. The Balaban J connectivity index is 0.00000156. The SMILES string of the molecule is CO.COC1c2c(cc(C)c(-c3cccc(COc4ccc5c(c4)OCC5CC=O)c3)c2C)OC1(C)C. The van der Waals surface area contributed by atoms with Crippen molar-refractivity contribution in [3.8, 4) is 28.4 Å². The molecule has 3 aromatic carbocycles. The number of benzene rings is 3. The molecule has 0 amide bonds. The van der Waals surface area contributed by atoms with Crippen LogP contribution in [0.15, 0.2) is 48.5 Å². The van der Waals surface area contributed by atoms with Gasteiger partial charge in [-0.1, -0.05) is 24.3 Å². The molecular weight excluding hydrogens is 468 g/mol. The molecule has 2 unspecified atom stereocenters. The van der Waals surface area contributed by atoms with Gasteiger partial charge < -0.3 is 28.8 Å². The van der Waals surface area contributed by atoms with Crippen LogP contribution in [0.3, 0.4) is 0 Å². The molecular formula is C31H36O6. The van der Waals surface area contributed by atoms with Crippen LogP contribution in [-0.4, -0.2) is 37.8 Å². The standard InChI is InChI=1S/C30H32O5.CH4O/c1-18-13-26-28(29(32-5)30(3,4)35-26)19(2)27(18)21-8-6-7-20(14-21)16-33-23-9-10-24-22(11-12-31)17-34-25(24)15-23;1-2/h6-10,12-15,22,29H,11,16-17H2,1-5H3;2H,1H3. The number of aryl methyl sites for hydroxylation is 1. The van der Waals surface area contributed by atoms with Crippen molar-refractivity contribution in [3.05, 3.63) is 76.3 Å². The zero-order valence-electron chi connectivity index (χ0n) is 22.5. The third kappa shape index (κ3) is 5.09. The maximum Gasteiger partial charge on any atom is 0.134 e. The van der Waals surface area contributed by atoms with E-state index in [1.807, 2.05) is 18.2 Å². The highest BCUT2D eigenvalue weighted by molar-refractivity contribution is 5.75. The van der Waals surface area contributed by atoms with E-state index in [0.29, 0.717) is 19.6 Å². The van der Waals surface area contributed by atoms with Crippen molar-refractivity contribution >= 4 is 6.29 Å². The Morgan fingerprint density at radius 1 is 1.08 bits per heavy atom. The van der Waals surface area contributed by atoms with Crippen molar-refractivity contribution in [2.24, 2.45) is 0 Å². The van der Waals surface area contributed by atoms with Crippen LogP contribution in [0, 0.1) is 13.8 Å². The molecule has 37 heavy (non-hydrogen) atoms. The van der Waals surface area contributed by atoms with Gasteiger partial charge in [-0.15, -0.1) is 0 Å². The van der Waals surface area contributed by atoms with Crippen LogP contribution in [0.25, 0.3) is 11.1 Å². The molecule has 5 rings (SSSR count). The summed E-state index contributed by atoms with van der Waals surface area (Å²) >= 11 is 0. The van der Waals surface area contributed by atoms with E-state index in [-0.39, 0.29) is 12.0 Å². The quantitative estimate of drug-likeness (QED) is 0.393. The second kappa shape index (κ2) is 11.0. The Kier molecular flexibility index (Phi) is 7.90. The average molecular weight is 505 g/mol. The summed E-state index contributed by atoms with van der Waals surface area (Å²) in [4.78, 5) is 10.9. The van der Waals surface area contributed by atoms with Gasteiger partial charge in [-0.3, -0.25) is 0 Å². The van der Waals surface area contributed by atoms with Gasteiger partial charge in [0, 0.05) is 43.8 Å². The van der Waals surface area contributed by atoms with Gasteiger partial charge in [0.2, 0.25) is 0 Å². The van der Waals surface area contributed by atoms with Crippen LogP contribution >= 0.6 is 0 Å². The lowest BCUT2D eigenvalue weighted by Gasteiger charge is -2.25. The lowest BCUT2D eigenvalue weighted by atomic mass is 9.87. The summed E-state index contributed by atoms with van der Waals surface area (Å²) in [5.74, 6) is 2.62. The summed E-state index contributed by atoms with van der Waals surface area (Å²) in [6.45, 7) is 9.42. The van der Waals surface area contributed by atoms with Gasteiger partial charge in [-0.25, -0.2) is 0 Å². The molecule has 2 heterocycles. The van der Waals surface area contributed by atoms with Crippen molar-refractivity contribution in [2.75, 3.05) is 20.8 Å². The second-order valence-corrected chi connectivity index (χ2v) is 10.0. The molecule has 2 aliphatic heterocycles. The van der Waals surface area contributed by atoms with Crippen LogP contribution in [0.5, 0.6) is 17.2 Å². The minimum atomic E-state index is -0.407. The molecule has 0 radical (unpaired) electrons. The highest BCUT2D eigenvalue weighted by Gasteiger charge is 2.43. The number of carbonyl (C=O) groups excluding carboxylic acids is 1. The molecule has 0 saturated carbocycles. The first-order chi connectivity index (χ1) is 17.8. The lowest BCUT2D eigenvalue weighted by Crippen LogP contribution is -2.31. The number of hydrogen-bond donors (Lipinski definition) is 1. The van der Waals surface area contributed by atoms with Gasteiger partial charge in [-0.05, 0) is 73.7 Å². The maximum atomic E-state index is 10.9. The Hall–Kier alpha value is -3.35. The third-order valence-electron chi connectivity index (χ3n) is 7.16. The minimum absolute atomic E-state index is 0.114. The van der Waals surface area contributed by atoms with Crippen molar-refractivity contribution in [2.45, 2.75) is 58.3 Å². The molecule has 0 aliphatic carbocycles. The number of fused-ring (bicyclic) bond motifs is 2. The zero-order valence-corrected chi connectivity index (χ0v) is 22.5. The van der Waals surface area contributed by atoms with Gasteiger partial charge in [0.25, 0.3) is 0 Å². The molecule has 0 fully saturated rings. The minimum Gasteiger partial charge on any atom is -0.492 e. The molecule has 0 spiro atoms. The van der Waals surface area contributed by atoms with Gasteiger partial charge >= 0.3 is 0 Å². The maximum absolute atomic E-state index is 10.9. The summed E-state index contributed by atoms with van der Waals surface area (Å²) in [5.41, 5.74) is 7.61. The van der Waals surface area contributed by atoms with Gasteiger partial charge in [-0.2, -0.15) is 0 Å². The van der Waals surface area contributed by atoms with E-state index in [9.17, 15) is 4.79 Å². The molecule has 0 saturated heterocycles. The third-order valence-corrected chi connectivity index (χ3v) is 7.16. The highest BCUT2D eigenvalue weighted by atomic mass is 16.6. The molecule has 6 nitrogen and oxygen atoms in total. The summed E-state index contributed by atoms with van der Waals surface area (Å²) in [5, 5.41) is 7.00. The van der Waals surface area contributed by atoms with Crippen LogP contribution in [0.2, 0.25) is 0 Å². The van der Waals surface area contributed by atoms with E-state index < -0.39 is 5.60 Å². The van der Waals surface area contributed by atoms with E-state index in [2.05, 4.69) is 58.0 Å². The van der Waals surface area contributed by atoms with Crippen LogP contribution in [-0.2, 0) is 16.1 Å². The smallest absolute Gasteiger partial charge is 0.134 e. The number of aliphatic hydroxyl groups excluding tert-OH is 1. The predicted octanol–water partition coefficient (Wildman–Crippen LogP) is 6.08. The van der Waals surface area contributed by atoms with E-state index >= 15 is 0 Å². The fraction of sp³-hybridized carbons (Fsp3) is 0.387. The van der Waals surface area contributed by atoms with E-state index in [0.717, 1.165) is 52.9 Å². The van der Waals surface area contributed by atoms with Crippen molar-refractivity contribution in [1.29, 1.82) is 0 Å². The normalized spacial score (nSPS) is 18.6. The summed E-state index contributed by atoms with van der Waals surface area (Å²) in [6, 6.07) is 16.5. The molecule has 0 bridgehead atoms. The molecule has 1 N–H and O–H groups in total. The lowest BCUT2D eigenvalue weighted by molar-refractivity contribution is -0.108. The first kappa shape index (κ1) is 26.7. The number of carbonyl (C=O) groups is 1. The van der Waals surface area contributed by atoms with E-state index in [1.165, 1.54) is 16.7 Å². The summed E-state index contributed by atoms with van der Waals surface area (Å²) in [7, 11) is 2.74. The second-order valence-electron chi connectivity index (χ2n) is 10.0. The average Bonchev–Trinajstić information content (AvgIpc) is 3.40. The first-order valence-electron chi connectivity index (χ1n) is 12.6. The van der Waals surface area contributed by atoms with Crippen LogP contribution in [0.4, 0.5) is 0 Å². The van der Waals surface area contributed by atoms with E-state index in [4.69, 9.17) is 24.1 Å². The number of hydrogen-bond acceptors (Lipinski definition) is 6. The van der Waals surface area contributed by atoms with Gasteiger partial charge in [0.1, 0.15) is 41.8 Å². The summed E-state index contributed by atoms with van der Waals surface area (Å²) < 4.78 is 24.0. The summed E-state index contributed by atoms with van der Waals surface area (Å²) in [6.07, 6.45) is 1.32. The molecule has 2 atom stereocenters. The van der Waals surface area contributed by atoms with Gasteiger partial charge in [0.15, 0.2) is 0 Å². The number of aldehydes is 1. The largest absolute Gasteiger partial charge is 0.492 e. The monoisotopic (exact) mass is 504 g/mol. The molecule has 3 aromatic rings. The van der Waals surface area contributed by atoms with E-state index in [1.54, 1.807) is 7.11 Å². The van der Waals surface area contributed by atoms with Crippen LogP contribution < -0.4 is 14.2 Å². The van der Waals surface area contributed by atoms with Gasteiger partial charge in [0.05, 0.1) is 6.61 Å². The molecule has 6 heteroatoms. The highest BCUT2D eigenvalue weighted by Crippen LogP contribution is 2.49. The predicted molar refractivity (Wildman–Crippen MR) is 144 cm³/mol. The Morgan fingerprint density at radius 3 is 2.59 bits per heavy atom. The Labute approximate surface area is 219 Å². The number of ether oxygens (including phenoxy) is 4. The van der Waals surface area contributed by atoms with Crippen molar-refractivity contribution in [1.82, 2.24) is 0 Å². The Morgan fingerprint density at radius 2 is 1.86 bits per heavy atom. The molecule has 196 valence electrons. The zero-order chi connectivity index (χ0) is 26.7. The number of aliphatic hydroxyl groups is 1. The van der Waals surface area contributed by atoms with Crippen molar-refractivity contribution < 1.29 is 28.8 Å². The van der Waals surface area contributed by atoms with Crippen molar-refractivity contribution in [3.63, 3.8) is 0 Å². The van der Waals surface area contributed by atoms with Crippen LogP contribution in [0.1, 0.15) is 60.1 Å². The number of methoxy groups -OCH3 is 1. The molecule has 0 aromatic heterocycles. The fourth-order valence-corrected chi connectivity index (χ4v) is 5.54.